The number of aryl methyl sites for hydroxylation is 2. The van der Waals surface area contributed by atoms with Gasteiger partial charge in [0, 0.05) is 87.2 Å². The molecule has 0 aromatic heterocycles. The number of aliphatic hydroxyl groups is 7. The van der Waals surface area contributed by atoms with Gasteiger partial charge in [0.2, 0.25) is 17.7 Å². The number of ether oxygens (including phenoxy) is 3. The van der Waals surface area contributed by atoms with Gasteiger partial charge in [0.25, 0.3) is 0 Å². The number of carbonyl (C=O) groups excluding carboxylic acids is 3. The van der Waals surface area contributed by atoms with Gasteiger partial charge in [-0.3, -0.25) is 28.9 Å². The molecule has 12 aliphatic rings. The second-order valence-electron chi connectivity index (χ2n) is 40.5. The summed E-state index contributed by atoms with van der Waals surface area (Å²) in [7, 11) is 4.91. The maximum atomic E-state index is 14.1. The second-order valence-corrected chi connectivity index (χ2v) is 40.5. The number of benzene rings is 7. The number of fused-ring (bicyclic) bond motifs is 6. The lowest BCUT2D eigenvalue weighted by Crippen LogP contribution is -2.62. The van der Waals surface area contributed by atoms with Crippen molar-refractivity contribution in [3.05, 3.63) is 185 Å². The highest BCUT2D eigenvalue weighted by Gasteiger charge is 2.61. The number of nitrogens with zero attached hydrogens (tertiary/aromatic N) is 3. The fourth-order valence-corrected chi connectivity index (χ4v) is 24.4. The lowest BCUT2D eigenvalue weighted by atomic mass is 9.45. The van der Waals surface area contributed by atoms with Crippen molar-refractivity contribution >= 4 is 29.1 Å². The summed E-state index contributed by atoms with van der Waals surface area (Å²) in [4.78, 5) is 60.7. The molecule has 12 fully saturated rings. The molecule has 0 spiro atoms. The molecule has 24 atom stereocenters. The lowest BCUT2D eigenvalue weighted by Gasteiger charge is -2.62. The Balaban J connectivity index is 0.000000167. The normalized spacial score (nSPS) is 30.2. The molecule has 708 valence electrons. The first-order chi connectivity index (χ1) is 61.7. The minimum atomic E-state index is -0.860. The molecule has 9 aliphatic carbocycles. The molecule has 9 saturated carbocycles. The molecule has 3 aliphatic heterocycles. The third kappa shape index (κ3) is 20.1. The molecule has 13 N–H and O–H groups in total. The summed E-state index contributed by atoms with van der Waals surface area (Å²) in [5, 5.41) is 91.2. The minimum Gasteiger partial charge on any atom is -0.496 e. The number of carbonyl (C=O) groups is 3. The third-order valence-electron chi connectivity index (χ3n) is 32.2. The number of nitrogen functional groups attached to an aromatic ring is 1. The van der Waals surface area contributed by atoms with E-state index in [9.17, 15) is 50.1 Å². The van der Waals surface area contributed by atoms with Gasteiger partial charge >= 0.3 is 0 Å². The van der Waals surface area contributed by atoms with Gasteiger partial charge in [0.05, 0.1) is 85.7 Å². The Morgan fingerprint density at radius 2 is 0.815 bits per heavy atom. The molecular formula is C106H148N8O16. The number of hydrogen-bond acceptors (Lipinski definition) is 21. The molecular weight excluding hydrogens is 1640 g/mol. The Hall–Kier alpha value is -8.57. The maximum Gasteiger partial charge on any atom is 0.240 e. The molecule has 7 aromatic carbocycles. The van der Waals surface area contributed by atoms with Gasteiger partial charge in [-0.1, -0.05) is 198 Å². The van der Waals surface area contributed by atoms with E-state index in [1.807, 2.05) is 103 Å². The summed E-state index contributed by atoms with van der Waals surface area (Å²) < 4.78 is 17.8. The van der Waals surface area contributed by atoms with Crippen LogP contribution in [0.2, 0.25) is 0 Å². The van der Waals surface area contributed by atoms with Crippen molar-refractivity contribution in [3.63, 3.8) is 0 Å². The highest BCUT2D eigenvalue weighted by Crippen LogP contribution is 2.64. The van der Waals surface area contributed by atoms with Crippen molar-refractivity contribution in [2.45, 2.75) is 254 Å². The van der Waals surface area contributed by atoms with Gasteiger partial charge in [-0.05, 0) is 212 Å². The van der Waals surface area contributed by atoms with Crippen molar-refractivity contribution in [3.8, 4) is 50.6 Å². The molecule has 7 aromatic rings. The van der Waals surface area contributed by atoms with E-state index in [1.54, 1.807) is 57.3 Å². The Bertz CT molecular complexity index is 4970. The first-order valence-corrected chi connectivity index (χ1v) is 47.3. The number of hydrogen-bond donors (Lipinski definition) is 12. The minimum absolute atomic E-state index is 0. The number of nitrogens with two attached hydrogens (primary N) is 1. The van der Waals surface area contributed by atoms with E-state index < -0.39 is 72.5 Å². The number of nitrogens with one attached hydrogen (secondary N) is 4. The average Bonchev–Trinajstić information content (AvgIpc) is 1.17. The van der Waals surface area contributed by atoms with Gasteiger partial charge in [0.15, 0.2) is 0 Å². The maximum absolute atomic E-state index is 14.1. The Labute approximate surface area is 771 Å². The average molecular weight is 1790 g/mol. The predicted octanol–water partition coefficient (Wildman–Crippen LogP) is 14.4. The van der Waals surface area contributed by atoms with Gasteiger partial charge in [-0.25, -0.2) is 0 Å². The fraction of sp³-hybridized carbons (Fsp3) is 0.575. The topological polar surface area (TPSA) is 332 Å². The van der Waals surface area contributed by atoms with Crippen molar-refractivity contribution < 1.29 is 78.9 Å². The van der Waals surface area contributed by atoms with Gasteiger partial charge in [-0.2, -0.15) is 15.2 Å². The molecule has 3 saturated heterocycles. The number of para-hydroxylation sites is 3. The number of anilines is 2. The highest BCUT2D eigenvalue weighted by molar-refractivity contribution is 5.85. The van der Waals surface area contributed by atoms with E-state index >= 15 is 0 Å². The van der Waals surface area contributed by atoms with Gasteiger partial charge in [-0.15, -0.1) is 0 Å². The summed E-state index contributed by atoms with van der Waals surface area (Å²) in [6.45, 7) is 28.5. The zero-order valence-corrected chi connectivity index (χ0v) is 78.5. The zero-order chi connectivity index (χ0) is 92.4. The van der Waals surface area contributed by atoms with Crippen molar-refractivity contribution in [2.24, 2.45) is 87.3 Å². The molecule has 0 radical (unpaired) electrons. The van der Waals surface area contributed by atoms with Gasteiger partial charge in [0.1, 0.15) is 53.7 Å². The van der Waals surface area contributed by atoms with Crippen LogP contribution in [0.25, 0.3) is 33.4 Å². The van der Waals surface area contributed by atoms with Crippen molar-refractivity contribution in [1.29, 1.82) is 0 Å². The van der Waals surface area contributed by atoms with E-state index in [4.69, 9.17) is 34.5 Å². The number of amides is 3. The molecule has 24 nitrogen and oxygen atoms in total. The van der Waals surface area contributed by atoms with Crippen LogP contribution in [0, 0.1) is 87.3 Å². The van der Waals surface area contributed by atoms with Gasteiger partial charge < -0.3 is 77.0 Å². The number of hydroxylamine groups is 6. The van der Waals surface area contributed by atoms with E-state index in [2.05, 4.69) is 139 Å². The molecule has 19 rings (SSSR count). The van der Waals surface area contributed by atoms with E-state index in [0.29, 0.717) is 92.4 Å². The molecule has 24 heteroatoms. The third-order valence-corrected chi connectivity index (χ3v) is 32.2. The molecule has 3 amide bonds. The summed E-state index contributed by atoms with van der Waals surface area (Å²) in [6.07, 6.45) is 4.78. The first-order valence-electron chi connectivity index (χ1n) is 47.3. The summed E-state index contributed by atoms with van der Waals surface area (Å²) in [5.41, 5.74) is 20.0. The van der Waals surface area contributed by atoms with E-state index in [0.717, 1.165) is 112 Å². The van der Waals surface area contributed by atoms with Crippen LogP contribution in [0.1, 0.15) is 176 Å². The summed E-state index contributed by atoms with van der Waals surface area (Å²) >= 11 is 0. The van der Waals surface area contributed by atoms with Crippen LogP contribution in [0.5, 0.6) is 17.2 Å². The van der Waals surface area contributed by atoms with Crippen molar-refractivity contribution in [1.82, 2.24) is 31.1 Å². The quantitative estimate of drug-likeness (QED) is 0.0142. The first kappa shape index (κ1) is 98.9. The summed E-state index contributed by atoms with van der Waals surface area (Å²) in [6, 6.07) is 48.2. The van der Waals surface area contributed by atoms with Crippen LogP contribution in [-0.4, -0.2) is 189 Å². The Morgan fingerprint density at radius 3 is 1.15 bits per heavy atom. The molecule has 1 unspecified atom stereocenters. The molecule has 3 heterocycles. The second kappa shape index (κ2) is 41.9. The van der Waals surface area contributed by atoms with E-state index in [-0.39, 0.29) is 89.3 Å². The van der Waals surface area contributed by atoms with Crippen LogP contribution >= 0.6 is 0 Å². The summed E-state index contributed by atoms with van der Waals surface area (Å²) in [5.74, 6) is 4.44. The van der Waals surface area contributed by atoms with Crippen LogP contribution in [0.3, 0.4) is 0 Å². The lowest BCUT2D eigenvalue weighted by molar-refractivity contribution is -0.183. The largest absolute Gasteiger partial charge is 0.496 e. The van der Waals surface area contributed by atoms with Crippen LogP contribution in [-0.2, 0) is 68.0 Å². The van der Waals surface area contributed by atoms with Crippen LogP contribution < -0.4 is 41.2 Å². The Morgan fingerprint density at radius 1 is 0.454 bits per heavy atom. The number of methoxy groups -OCH3 is 3. The number of aliphatic hydroxyl groups excluding tert-OH is 7. The van der Waals surface area contributed by atoms with Crippen LogP contribution in [0.15, 0.2) is 152 Å². The van der Waals surface area contributed by atoms with Crippen molar-refractivity contribution in [2.75, 3.05) is 58.7 Å². The van der Waals surface area contributed by atoms with Crippen LogP contribution in [0.4, 0.5) is 11.4 Å². The standard InChI is InChI=1S/C40H53N3O5.C34H48N2O6.C31H43N3O5.CH4/c1-25-33-21-30(40(33,3)4)22-34(25)42-39(46)37-36(26(2)45)35(24-44)48-43(37)23-29-16-10-18-32(38(29)47-5)28-15-9-17-31(20-28)41-19-11-14-27-12-7-6-8-13-27;1-7-21-11-22(17-37)13-24(12-21)26-10-8-9-23(32(26)41-6)16-36-31(30(20(3)39)29(18-38)42-36)33(40)35-28-15-25-14-27(19(28)2)34(25,4)5;1-17-24-13-21(31(24,3)4)14-25(17)33-30(37)28-27(18(2)36)26(16-35)39-34(28)15-20-9-7-11-23(29(20)38-5)19-8-6-10-22(32)12-19;/h6-10,12-13,15-18,20,25-26,30,33-37,41,44-45H,11,14,19,21-24H2,1-5H3,(H,42,46);8-13,19-20,25,27-31,37-39H,7,14-18H2,1-6H3,(H,35,40);6-12,17-18,21,24-28,35-36H,13-16,32H2,1-5H3,(H,33,37);1H4/t25-,26-,30+,33+,34-,35-,36-,37-;19-,20-,25?,27+,28+,29-,30-,31-;17-,18-,21+,24+,25-,26-,27+,28-;/m000./s1. The molecule has 6 bridgehead atoms. The van der Waals surface area contributed by atoms with E-state index in [1.165, 1.54) is 24.8 Å². The number of rotatable bonds is 31. The molecule has 130 heavy (non-hydrogen) atoms. The fourth-order valence-electron chi connectivity index (χ4n) is 24.4. The SMILES string of the molecule is C.CCc1cc(CO)cc(-c2cccc(CN3O[C@@H](CO)[C@H]([C@H](C)O)[C@H]3C(=O)N[C@@H]3CC4C[C@H]([C@@H]3C)C4(C)C)c2OC)c1.COc1c(CN2O[C@@H](CO)[C@@H]([C@H](C)O)[C@H]2C(=O)N[C@H]2C[C@H]3C[C@H]([C@@H]2C)C3(C)C)cccc1-c1cccc(N)c1.COc1c(CN2O[C@@H](CO)[C@H]([C@H](C)O)[C@H]2C(=O)N[C@H]2C[C@H]3C[C@H]([C@@H]2C)C3(C)C)cccc1-c1cccc(NCCCc2ccccc2)c1. The Kier molecular flexibility index (Phi) is 31.9. The smallest absolute Gasteiger partial charge is 0.240 e. The predicted molar refractivity (Wildman–Crippen MR) is 508 cm³/mol. The monoisotopic (exact) mass is 1790 g/mol. The zero-order valence-electron chi connectivity index (χ0n) is 78.5. The highest BCUT2D eigenvalue weighted by atomic mass is 16.7.